The van der Waals surface area contributed by atoms with Gasteiger partial charge in [0.2, 0.25) is 0 Å². The van der Waals surface area contributed by atoms with Crippen LogP contribution in [0.25, 0.3) is 0 Å². The van der Waals surface area contributed by atoms with Crippen LogP contribution in [0.5, 0.6) is 0 Å². The van der Waals surface area contributed by atoms with Gasteiger partial charge >= 0.3 is 0 Å². The SMILES string of the molecule is CCNCc1cccn1Cc1ccc(Br)cc1F. The van der Waals surface area contributed by atoms with Crippen LogP contribution in [-0.4, -0.2) is 11.1 Å². The van der Waals surface area contributed by atoms with Crippen molar-refractivity contribution < 1.29 is 4.39 Å². The van der Waals surface area contributed by atoms with Gasteiger partial charge in [-0.15, -0.1) is 0 Å². The van der Waals surface area contributed by atoms with Crippen molar-refractivity contribution in [2.75, 3.05) is 6.54 Å². The average Bonchev–Trinajstić information content (AvgIpc) is 2.77. The maximum absolute atomic E-state index is 13.8. The first-order valence-electron chi connectivity index (χ1n) is 5.99. The van der Waals surface area contributed by atoms with E-state index in [0.717, 1.165) is 17.6 Å². The molecule has 1 aromatic heterocycles. The summed E-state index contributed by atoms with van der Waals surface area (Å²) in [6, 6.07) is 9.23. The lowest BCUT2D eigenvalue weighted by atomic mass is 10.2. The lowest BCUT2D eigenvalue weighted by Crippen LogP contribution is -2.15. The Hall–Kier alpha value is -1.13. The highest BCUT2D eigenvalue weighted by Gasteiger charge is 2.06. The monoisotopic (exact) mass is 310 g/mol. The Labute approximate surface area is 115 Å². The summed E-state index contributed by atoms with van der Waals surface area (Å²) < 4.78 is 16.6. The Kier molecular flexibility index (Phi) is 4.55. The first-order chi connectivity index (χ1) is 8.70. The molecule has 0 radical (unpaired) electrons. The molecule has 0 aliphatic rings. The number of nitrogens with zero attached hydrogens (tertiary/aromatic N) is 1. The number of hydrogen-bond acceptors (Lipinski definition) is 1. The number of aromatic nitrogens is 1. The summed E-state index contributed by atoms with van der Waals surface area (Å²) >= 11 is 3.27. The van der Waals surface area contributed by atoms with Crippen LogP contribution in [0.3, 0.4) is 0 Å². The van der Waals surface area contributed by atoms with Crippen molar-refractivity contribution in [3.63, 3.8) is 0 Å². The minimum absolute atomic E-state index is 0.174. The zero-order valence-electron chi connectivity index (χ0n) is 10.3. The number of halogens is 2. The van der Waals surface area contributed by atoms with E-state index in [0.29, 0.717) is 12.1 Å². The zero-order valence-corrected chi connectivity index (χ0v) is 11.9. The third kappa shape index (κ3) is 3.21. The summed E-state index contributed by atoms with van der Waals surface area (Å²) in [5.74, 6) is -0.174. The summed E-state index contributed by atoms with van der Waals surface area (Å²) in [5.41, 5.74) is 1.87. The standard InChI is InChI=1S/C14H16BrFN2/c1-2-17-9-13-4-3-7-18(13)10-11-5-6-12(15)8-14(11)16/h3-8,17H,2,9-10H2,1H3. The predicted molar refractivity (Wildman–Crippen MR) is 75.0 cm³/mol. The van der Waals surface area contributed by atoms with Gasteiger partial charge in [0.25, 0.3) is 0 Å². The maximum Gasteiger partial charge on any atom is 0.129 e. The molecule has 18 heavy (non-hydrogen) atoms. The summed E-state index contributed by atoms with van der Waals surface area (Å²) in [5, 5.41) is 3.28. The topological polar surface area (TPSA) is 17.0 Å². The average molecular weight is 311 g/mol. The summed E-state index contributed by atoms with van der Waals surface area (Å²) in [4.78, 5) is 0. The molecule has 0 unspecified atom stereocenters. The molecule has 0 amide bonds. The molecule has 0 saturated heterocycles. The molecular formula is C14H16BrFN2. The van der Waals surface area contributed by atoms with Crippen LogP contribution in [0.2, 0.25) is 0 Å². The van der Waals surface area contributed by atoms with Gasteiger partial charge in [0.15, 0.2) is 0 Å². The number of benzene rings is 1. The molecule has 0 atom stereocenters. The molecule has 0 aliphatic carbocycles. The van der Waals surface area contributed by atoms with Gasteiger partial charge in [-0.05, 0) is 30.8 Å². The first-order valence-corrected chi connectivity index (χ1v) is 6.78. The molecule has 1 aromatic carbocycles. The third-order valence-corrected chi connectivity index (χ3v) is 3.33. The van der Waals surface area contributed by atoms with Gasteiger partial charge in [-0.3, -0.25) is 0 Å². The molecule has 4 heteroatoms. The van der Waals surface area contributed by atoms with Crippen LogP contribution in [-0.2, 0) is 13.1 Å². The molecule has 0 aliphatic heterocycles. The fraction of sp³-hybridized carbons (Fsp3) is 0.286. The van der Waals surface area contributed by atoms with E-state index in [1.54, 1.807) is 0 Å². The van der Waals surface area contributed by atoms with Crippen molar-refractivity contribution in [3.05, 3.63) is 58.1 Å². The smallest absolute Gasteiger partial charge is 0.129 e. The van der Waals surface area contributed by atoms with Crippen LogP contribution in [0.1, 0.15) is 18.2 Å². The predicted octanol–water partition coefficient (Wildman–Crippen LogP) is 3.55. The van der Waals surface area contributed by atoms with Crippen molar-refractivity contribution in [1.82, 2.24) is 9.88 Å². The van der Waals surface area contributed by atoms with E-state index >= 15 is 0 Å². The van der Waals surface area contributed by atoms with Gasteiger partial charge in [-0.1, -0.05) is 28.9 Å². The molecular weight excluding hydrogens is 295 g/mol. The lowest BCUT2D eigenvalue weighted by Gasteiger charge is -2.10. The molecule has 2 rings (SSSR count). The first kappa shape index (κ1) is 13.3. The summed E-state index contributed by atoms with van der Waals surface area (Å²) in [6.45, 7) is 4.37. The van der Waals surface area contributed by atoms with Gasteiger partial charge in [-0.2, -0.15) is 0 Å². The van der Waals surface area contributed by atoms with E-state index in [4.69, 9.17) is 0 Å². The highest BCUT2D eigenvalue weighted by molar-refractivity contribution is 9.10. The molecule has 1 heterocycles. The van der Waals surface area contributed by atoms with Crippen molar-refractivity contribution in [1.29, 1.82) is 0 Å². The molecule has 0 spiro atoms. The van der Waals surface area contributed by atoms with Crippen LogP contribution in [0.15, 0.2) is 41.0 Å². The highest BCUT2D eigenvalue weighted by Crippen LogP contribution is 2.17. The van der Waals surface area contributed by atoms with Crippen molar-refractivity contribution in [2.24, 2.45) is 0 Å². The van der Waals surface area contributed by atoms with E-state index in [1.807, 2.05) is 24.4 Å². The quantitative estimate of drug-likeness (QED) is 0.893. The lowest BCUT2D eigenvalue weighted by molar-refractivity contribution is 0.589. The van der Waals surface area contributed by atoms with Gasteiger partial charge < -0.3 is 9.88 Å². The Morgan fingerprint density at radius 1 is 1.33 bits per heavy atom. The second kappa shape index (κ2) is 6.16. The van der Waals surface area contributed by atoms with Crippen LogP contribution < -0.4 is 5.32 Å². The molecule has 0 fully saturated rings. The van der Waals surface area contributed by atoms with E-state index in [1.165, 1.54) is 11.8 Å². The normalized spacial score (nSPS) is 10.8. The van der Waals surface area contributed by atoms with Crippen LogP contribution in [0, 0.1) is 5.82 Å². The van der Waals surface area contributed by atoms with Gasteiger partial charge in [0.05, 0.1) is 6.54 Å². The third-order valence-electron chi connectivity index (χ3n) is 2.84. The number of rotatable bonds is 5. The zero-order chi connectivity index (χ0) is 13.0. The second-order valence-corrected chi connectivity index (χ2v) is 5.06. The van der Waals surface area contributed by atoms with E-state index in [-0.39, 0.29) is 5.82 Å². The molecule has 96 valence electrons. The van der Waals surface area contributed by atoms with E-state index < -0.39 is 0 Å². The largest absolute Gasteiger partial charge is 0.346 e. The minimum atomic E-state index is -0.174. The van der Waals surface area contributed by atoms with Crippen molar-refractivity contribution >= 4 is 15.9 Å². The number of hydrogen-bond donors (Lipinski definition) is 1. The molecule has 2 aromatic rings. The summed E-state index contributed by atoms with van der Waals surface area (Å²) in [6.07, 6.45) is 1.98. The van der Waals surface area contributed by atoms with Crippen LogP contribution >= 0.6 is 15.9 Å². The van der Waals surface area contributed by atoms with Crippen LogP contribution in [0.4, 0.5) is 4.39 Å². The molecule has 0 bridgehead atoms. The fourth-order valence-corrected chi connectivity index (χ4v) is 2.18. The van der Waals surface area contributed by atoms with E-state index in [9.17, 15) is 4.39 Å². The van der Waals surface area contributed by atoms with E-state index in [2.05, 4.69) is 38.8 Å². The van der Waals surface area contributed by atoms with Gasteiger partial charge in [0.1, 0.15) is 5.82 Å². The maximum atomic E-state index is 13.8. The minimum Gasteiger partial charge on any atom is -0.346 e. The Bertz CT molecular complexity index is 522. The number of nitrogens with one attached hydrogen (secondary N) is 1. The summed E-state index contributed by atoms with van der Waals surface area (Å²) in [7, 11) is 0. The van der Waals surface area contributed by atoms with Gasteiger partial charge in [-0.25, -0.2) is 4.39 Å². The Balaban J connectivity index is 2.15. The second-order valence-electron chi connectivity index (χ2n) is 4.14. The van der Waals surface area contributed by atoms with Gasteiger partial charge in [0, 0.05) is 28.5 Å². The van der Waals surface area contributed by atoms with Crippen molar-refractivity contribution in [3.8, 4) is 0 Å². The highest BCUT2D eigenvalue weighted by atomic mass is 79.9. The Morgan fingerprint density at radius 2 is 2.17 bits per heavy atom. The van der Waals surface area contributed by atoms with Crippen molar-refractivity contribution in [2.45, 2.75) is 20.0 Å². The fourth-order valence-electron chi connectivity index (χ4n) is 1.85. The molecule has 2 nitrogen and oxygen atoms in total. The Morgan fingerprint density at radius 3 is 2.89 bits per heavy atom. The molecule has 1 N–H and O–H groups in total. The molecule has 0 saturated carbocycles.